The van der Waals surface area contributed by atoms with Crippen LogP contribution in [-0.4, -0.2) is 0 Å². The van der Waals surface area contributed by atoms with Crippen molar-refractivity contribution in [2.45, 2.75) is 6.54 Å². The molecule has 2 aromatic rings. The molecule has 0 aliphatic carbocycles. The second kappa shape index (κ2) is 5.00. The van der Waals surface area contributed by atoms with Crippen LogP contribution in [0.15, 0.2) is 36.4 Å². The van der Waals surface area contributed by atoms with Crippen LogP contribution in [-0.2, 0) is 6.54 Å². The summed E-state index contributed by atoms with van der Waals surface area (Å²) in [6, 6.07) is 7.36. The van der Waals surface area contributed by atoms with Gasteiger partial charge in [0.2, 0.25) is 0 Å². The molecule has 3 N–H and O–H groups in total. The third-order valence-corrected chi connectivity index (χ3v) is 2.49. The summed E-state index contributed by atoms with van der Waals surface area (Å²) in [4.78, 5) is 0. The fourth-order valence-electron chi connectivity index (χ4n) is 1.51. The van der Waals surface area contributed by atoms with Gasteiger partial charge in [-0.05, 0) is 36.4 Å². The Morgan fingerprint density at radius 3 is 2.44 bits per heavy atom. The largest absolute Gasteiger partial charge is 0.396 e. The molecule has 0 aromatic heterocycles. The first-order valence-electron chi connectivity index (χ1n) is 5.29. The summed E-state index contributed by atoms with van der Waals surface area (Å²) >= 11 is 0. The van der Waals surface area contributed by atoms with Gasteiger partial charge in [0.15, 0.2) is 0 Å². The molecule has 18 heavy (non-hydrogen) atoms. The lowest BCUT2D eigenvalue weighted by atomic mass is 10.2. The van der Waals surface area contributed by atoms with Crippen LogP contribution in [0.5, 0.6) is 0 Å². The summed E-state index contributed by atoms with van der Waals surface area (Å²) in [5, 5.41) is 2.79. The van der Waals surface area contributed by atoms with Crippen molar-refractivity contribution in [2.75, 3.05) is 11.1 Å². The number of anilines is 2. The summed E-state index contributed by atoms with van der Waals surface area (Å²) in [6.45, 7) is 0.0625. The van der Waals surface area contributed by atoms with Gasteiger partial charge in [0, 0.05) is 17.8 Å². The number of halogens is 3. The van der Waals surface area contributed by atoms with Gasteiger partial charge in [-0.3, -0.25) is 0 Å². The van der Waals surface area contributed by atoms with E-state index in [1.165, 1.54) is 12.1 Å². The molecule has 0 aliphatic rings. The van der Waals surface area contributed by atoms with Gasteiger partial charge in [0.25, 0.3) is 0 Å². The van der Waals surface area contributed by atoms with Crippen molar-refractivity contribution in [3.8, 4) is 0 Å². The Bertz CT molecular complexity index is 570. The number of nitrogen functional groups attached to an aromatic ring is 1. The maximum atomic E-state index is 13.3. The SMILES string of the molecule is Nc1ccc(NCc2cc(F)ccc2F)cc1F. The van der Waals surface area contributed by atoms with Gasteiger partial charge >= 0.3 is 0 Å². The Balaban J connectivity index is 2.11. The molecule has 0 atom stereocenters. The molecule has 0 saturated heterocycles. The summed E-state index contributed by atoms with van der Waals surface area (Å²) in [7, 11) is 0. The van der Waals surface area contributed by atoms with E-state index < -0.39 is 17.5 Å². The van der Waals surface area contributed by atoms with E-state index in [0.29, 0.717) is 5.69 Å². The predicted molar refractivity (Wildman–Crippen MR) is 64.5 cm³/mol. The molecule has 0 aliphatic heterocycles. The number of nitrogens with two attached hydrogens (primary N) is 1. The normalized spacial score (nSPS) is 10.4. The second-order valence-electron chi connectivity index (χ2n) is 3.83. The zero-order valence-corrected chi connectivity index (χ0v) is 9.38. The van der Waals surface area contributed by atoms with Gasteiger partial charge in [-0.2, -0.15) is 0 Å². The third kappa shape index (κ3) is 2.74. The Morgan fingerprint density at radius 2 is 1.72 bits per heavy atom. The minimum Gasteiger partial charge on any atom is -0.396 e. The smallest absolute Gasteiger partial charge is 0.148 e. The average molecular weight is 252 g/mol. The maximum Gasteiger partial charge on any atom is 0.148 e. The third-order valence-electron chi connectivity index (χ3n) is 2.49. The first-order valence-corrected chi connectivity index (χ1v) is 5.29. The van der Waals surface area contributed by atoms with Crippen LogP contribution in [0, 0.1) is 17.5 Å². The van der Waals surface area contributed by atoms with E-state index in [1.807, 2.05) is 0 Å². The van der Waals surface area contributed by atoms with Gasteiger partial charge in [-0.25, -0.2) is 13.2 Å². The van der Waals surface area contributed by atoms with E-state index in [4.69, 9.17) is 5.73 Å². The van der Waals surface area contributed by atoms with E-state index in [1.54, 1.807) is 6.07 Å². The molecule has 0 fully saturated rings. The number of hydrogen-bond donors (Lipinski definition) is 2. The molecule has 0 radical (unpaired) electrons. The molecule has 0 amide bonds. The number of benzene rings is 2. The highest BCUT2D eigenvalue weighted by Crippen LogP contribution is 2.17. The molecule has 0 heterocycles. The van der Waals surface area contributed by atoms with Crippen LogP contribution in [0.3, 0.4) is 0 Å². The quantitative estimate of drug-likeness (QED) is 0.822. The zero-order chi connectivity index (χ0) is 13.1. The average Bonchev–Trinajstić information content (AvgIpc) is 2.34. The van der Waals surface area contributed by atoms with Crippen molar-refractivity contribution in [1.29, 1.82) is 0 Å². The number of rotatable bonds is 3. The van der Waals surface area contributed by atoms with Crippen LogP contribution in [0.2, 0.25) is 0 Å². The van der Waals surface area contributed by atoms with E-state index in [2.05, 4.69) is 5.32 Å². The topological polar surface area (TPSA) is 38.0 Å². The highest BCUT2D eigenvalue weighted by atomic mass is 19.1. The predicted octanol–water partition coefficient (Wildman–Crippen LogP) is 3.30. The van der Waals surface area contributed by atoms with Crippen molar-refractivity contribution in [3.63, 3.8) is 0 Å². The fraction of sp³-hybridized carbons (Fsp3) is 0.0769. The highest BCUT2D eigenvalue weighted by Gasteiger charge is 2.04. The summed E-state index contributed by atoms with van der Waals surface area (Å²) in [5.41, 5.74) is 5.99. The molecule has 2 nitrogen and oxygen atoms in total. The second-order valence-corrected chi connectivity index (χ2v) is 3.83. The van der Waals surface area contributed by atoms with E-state index in [9.17, 15) is 13.2 Å². The van der Waals surface area contributed by atoms with Crippen LogP contribution < -0.4 is 11.1 Å². The summed E-state index contributed by atoms with van der Waals surface area (Å²) in [5.74, 6) is -1.59. The number of nitrogens with one attached hydrogen (secondary N) is 1. The van der Waals surface area contributed by atoms with Crippen LogP contribution >= 0.6 is 0 Å². The van der Waals surface area contributed by atoms with Gasteiger partial charge < -0.3 is 11.1 Å². The molecular formula is C13H11F3N2. The molecule has 0 bridgehead atoms. The molecule has 2 aromatic carbocycles. The molecule has 0 saturated carbocycles. The van der Waals surface area contributed by atoms with Crippen LogP contribution in [0.1, 0.15) is 5.56 Å². The molecular weight excluding hydrogens is 241 g/mol. The maximum absolute atomic E-state index is 13.3. The number of hydrogen-bond acceptors (Lipinski definition) is 2. The lowest BCUT2D eigenvalue weighted by Gasteiger charge is -2.08. The minimum atomic E-state index is -0.556. The molecule has 0 unspecified atom stereocenters. The Labute approximate surface area is 102 Å². The molecule has 0 spiro atoms. The first-order chi connectivity index (χ1) is 8.56. The summed E-state index contributed by atoms with van der Waals surface area (Å²) in [6.07, 6.45) is 0. The van der Waals surface area contributed by atoms with Gasteiger partial charge in [-0.1, -0.05) is 0 Å². The molecule has 94 valence electrons. The van der Waals surface area contributed by atoms with Crippen molar-refractivity contribution in [3.05, 3.63) is 59.4 Å². The van der Waals surface area contributed by atoms with E-state index in [-0.39, 0.29) is 17.8 Å². The Hall–Kier alpha value is -2.17. The van der Waals surface area contributed by atoms with E-state index in [0.717, 1.165) is 18.2 Å². The van der Waals surface area contributed by atoms with Crippen molar-refractivity contribution >= 4 is 11.4 Å². The monoisotopic (exact) mass is 252 g/mol. The van der Waals surface area contributed by atoms with Crippen LogP contribution in [0.25, 0.3) is 0 Å². The highest BCUT2D eigenvalue weighted by molar-refractivity contribution is 5.52. The summed E-state index contributed by atoms with van der Waals surface area (Å²) < 4.78 is 39.4. The Morgan fingerprint density at radius 1 is 0.944 bits per heavy atom. The minimum absolute atomic E-state index is 0.0393. The van der Waals surface area contributed by atoms with Crippen LogP contribution in [0.4, 0.5) is 24.5 Å². The van der Waals surface area contributed by atoms with Crippen molar-refractivity contribution in [1.82, 2.24) is 0 Å². The van der Waals surface area contributed by atoms with Crippen molar-refractivity contribution in [2.24, 2.45) is 0 Å². The lowest BCUT2D eigenvalue weighted by molar-refractivity contribution is 0.587. The standard InChI is InChI=1S/C13H11F3N2/c14-9-1-3-11(15)8(5-9)7-18-10-2-4-13(17)12(16)6-10/h1-6,18H,7,17H2. The zero-order valence-electron chi connectivity index (χ0n) is 9.38. The van der Waals surface area contributed by atoms with E-state index >= 15 is 0 Å². The van der Waals surface area contributed by atoms with Gasteiger partial charge in [0.05, 0.1) is 5.69 Å². The Kier molecular flexibility index (Phi) is 3.41. The van der Waals surface area contributed by atoms with Gasteiger partial charge in [-0.15, -0.1) is 0 Å². The lowest BCUT2D eigenvalue weighted by Crippen LogP contribution is -2.03. The first kappa shape index (κ1) is 12.3. The van der Waals surface area contributed by atoms with Gasteiger partial charge in [0.1, 0.15) is 17.5 Å². The molecule has 2 rings (SSSR count). The molecule has 5 heteroatoms. The fourth-order valence-corrected chi connectivity index (χ4v) is 1.51. The van der Waals surface area contributed by atoms with Crippen molar-refractivity contribution < 1.29 is 13.2 Å².